The molecule has 1 aliphatic rings. The smallest absolute Gasteiger partial charge is 0.407 e. The zero-order chi connectivity index (χ0) is 26.1. The minimum absolute atomic E-state index is 0.0327. The van der Waals surface area contributed by atoms with Gasteiger partial charge < -0.3 is 34.5 Å². The molecule has 0 bridgehead atoms. The molecule has 11 heteroatoms. The Bertz CT molecular complexity index is 656. The van der Waals surface area contributed by atoms with Crippen molar-refractivity contribution in [2.75, 3.05) is 71.7 Å². The van der Waals surface area contributed by atoms with Crippen LogP contribution in [-0.2, 0) is 23.7 Å². The molecule has 0 saturated carbocycles. The molecule has 1 rings (SSSR count). The van der Waals surface area contributed by atoms with Crippen LogP contribution in [0.1, 0.15) is 44.9 Å². The zero-order valence-corrected chi connectivity index (χ0v) is 22.0. The van der Waals surface area contributed by atoms with Crippen molar-refractivity contribution in [1.29, 1.82) is 0 Å². The standard InChI is InChI=1S/C25H42ClN3O7/c26-12-4-1-2-7-17-33-21-22-34-20-14-28-25(32)36-19-9-8-18-35-24(31)27-13-10-11-23(30)29-15-5-3-6-16-29/h8-11H,1-7,12-22H2,(H,27,31)(H,28,32)/b9-8-,11-10+. The number of nitrogens with one attached hydrogen (secondary N) is 2. The second-order valence-corrected chi connectivity index (χ2v) is 8.47. The largest absolute Gasteiger partial charge is 0.445 e. The van der Waals surface area contributed by atoms with Crippen molar-refractivity contribution < 1.29 is 33.3 Å². The number of likely N-dealkylation sites (tertiary alicyclic amines) is 1. The van der Waals surface area contributed by atoms with Crippen LogP contribution in [0.15, 0.2) is 24.3 Å². The summed E-state index contributed by atoms with van der Waals surface area (Å²) in [6.45, 7) is 4.30. The molecule has 0 unspecified atom stereocenters. The summed E-state index contributed by atoms with van der Waals surface area (Å²) in [7, 11) is 0. The number of ether oxygens (including phenoxy) is 4. The highest BCUT2D eigenvalue weighted by Gasteiger charge is 2.13. The number of hydrogen-bond donors (Lipinski definition) is 2. The number of nitrogens with zero attached hydrogens (tertiary/aromatic N) is 1. The highest BCUT2D eigenvalue weighted by molar-refractivity contribution is 6.17. The maximum atomic E-state index is 12.0. The molecule has 1 heterocycles. The highest BCUT2D eigenvalue weighted by atomic mass is 35.5. The molecule has 0 aromatic carbocycles. The molecule has 1 fully saturated rings. The molecule has 10 nitrogen and oxygen atoms in total. The molecule has 2 N–H and O–H groups in total. The maximum Gasteiger partial charge on any atom is 0.407 e. The van der Waals surface area contributed by atoms with E-state index in [0.717, 1.165) is 64.6 Å². The molecule has 3 amide bonds. The molecule has 0 spiro atoms. The molecule has 0 aromatic heterocycles. The van der Waals surface area contributed by atoms with Gasteiger partial charge in [0.15, 0.2) is 0 Å². The summed E-state index contributed by atoms with van der Waals surface area (Å²) >= 11 is 5.62. The van der Waals surface area contributed by atoms with E-state index in [-0.39, 0.29) is 25.7 Å². The van der Waals surface area contributed by atoms with Gasteiger partial charge >= 0.3 is 12.2 Å². The van der Waals surface area contributed by atoms with Crippen molar-refractivity contribution in [3.05, 3.63) is 24.3 Å². The minimum Gasteiger partial charge on any atom is -0.445 e. The first-order valence-electron chi connectivity index (χ1n) is 12.8. The Hall–Kier alpha value is -2.30. The lowest BCUT2D eigenvalue weighted by molar-refractivity contribution is -0.126. The van der Waals surface area contributed by atoms with E-state index in [4.69, 9.17) is 30.5 Å². The summed E-state index contributed by atoms with van der Waals surface area (Å²) in [6, 6.07) is 0. The lowest BCUT2D eigenvalue weighted by atomic mass is 10.1. The summed E-state index contributed by atoms with van der Waals surface area (Å²) in [5, 5.41) is 5.11. The number of carbonyl (C=O) groups excluding carboxylic acids is 3. The Morgan fingerprint density at radius 2 is 1.39 bits per heavy atom. The Kier molecular flexibility index (Phi) is 20.4. The van der Waals surface area contributed by atoms with Crippen LogP contribution in [0.3, 0.4) is 0 Å². The van der Waals surface area contributed by atoms with E-state index in [1.54, 1.807) is 18.2 Å². The first-order chi connectivity index (χ1) is 17.6. The van der Waals surface area contributed by atoms with Crippen molar-refractivity contribution in [1.82, 2.24) is 15.5 Å². The number of alkyl carbamates (subject to hydrolysis) is 2. The summed E-state index contributed by atoms with van der Waals surface area (Å²) in [6.07, 6.45) is 12.6. The molecular formula is C25H42ClN3O7. The van der Waals surface area contributed by atoms with Gasteiger partial charge in [0.05, 0.1) is 19.8 Å². The van der Waals surface area contributed by atoms with Gasteiger partial charge in [-0.2, -0.15) is 0 Å². The Balaban J connectivity index is 1.88. The molecule has 0 aliphatic carbocycles. The third-order valence-electron chi connectivity index (χ3n) is 5.14. The van der Waals surface area contributed by atoms with Gasteiger partial charge in [0.2, 0.25) is 5.91 Å². The van der Waals surface area contributed by atoms with Crippen LogP contribution in [0.5, 0.6) is 0 Å². The third-order valence-corrected chi connectivity index (χ3v) is 5.41. The lowest BCUT2D eigenvalue weighted by Gasteiger charge is -2.25. The third kappa shape index (κ3) is 19.0. The van der Waals surface area contributed by atoms with Gasteiger partial charge in [-0.1, -0.05) is 18.9 Å². The SMILES string of the molecule is O=C(NC/C=C/C(=O)N1CCCCC1)OC/C=C\COC(=O)NCCOCCOCCCCCCCl. The topological polar surface area (TPSA) is 115 Å². The van der Waals surface area contributed by atoms with Crippen molar-refractivity contribution >= 4 is 29.7 Å². The fraction of sp³-hybridized carbons (Fsp3) is 0.720. The van der Waals surface area contributed by atoms with Gasteiger partial charge in [0.25, 0.3) is 0 Å². The van der Waals surface area contributed by atoms with E-state index >= 15 is 0 Å². The van der Waals surface area contributed by atoms with E-state index in [0.29, 0.717) is 32.2 Å². The van der Waals surface area contributed by atoms with E-state index in [2.05, 4.69) is 10.6 Å². The van der Waals surface area contributed by atoms with E-state index < -0.39 is 12.2 Å². The van der Waals surface area contributed by atoms with Crippen LogP contribution in [0.2, 0.25) is 0 Å². The van der Waals surface area contributed by atoms with Crippen LogP contribution in [-0.4, -0.2) is 94.7 Å². The van der Waals surface area contributed by atoms with Crippen molar-refractivity contribution in [3.8, 4) is 0 Å². The van der Waals surface area contributed by atoms with E-state index in [1.807, 2.05) is 4.90 Å². The summed E-state index contributed by atoms with van der Waals surface area (Å²) in [4.78, 5) is 37.0. The fourth-order valence-electron chi connectivity index (χ4n) is 3.21. The van der Waals surface area contributed by atoms with Gasteiger partial charge in [-0.3, -0.25) is 4.79 Å². The average molecular weight is 532 g/mol. The molecule has 0 aromatic rings. The molecule has 0 radical (unpaired) electrons. The van der Waals surface area contributed by atoms with Crippen LogP contribution >= 0.6 is 11.6 Å². The minimum atomic E-state index is -0.596. The molecule has 36 heavy (non-hydrogen) atoms. The van der Waals surface area contributed by atoms with Crippen molar-refractivity contribution in [3.63, 3.8) is 0 Å². The molecular weight excluding hydrogens is 490 g/mol. The average Bonchev–Trinajstić information content (AvgIpc) is 2.89. The normalized spacial score (nSPS) is 13.8. The first-order valence-corrected chi connectivity index (χ1v) is 13.3. The van der Waals surface area contributed by atoms with Crippen LogP contribution < -0.4 is 10.6 Å². The van der Waals surface area contributed by atoms with Crippen LogP contribution in [0.25, 0.3) is 0 Å². The molecule has 206 valence electrons. The number of halogens is 1. The number of hydrogen-bond acceptors (Lipinski definition) is 7. The van der Waals surface area contributed by atoms with Crippen molar-refractivity contribution in [2.24, 2.45) is 0 Å². The summed E-state index contributed by atoms with van der Waals surface area (Å²) in [5.74, 6) is 0.681. The van der Waals surface area contributed by atoms with Gasteiger partial charge in [-0.25, -0.2) is 9.59 Å². The van der Waals surface area contributed by atoms with Gasteiger partial charge in [0, 0.05) is 44.7 Å². The highest BCUT2D eigenvalue weighted by Crippen LogP contribution is 2.08. The van der Waals surface area contributed by atoms with Crippen LogP contribution in [0, 0.1) is 0 Å². The van der Waals surface area contributed by atoms with Crippen molar-refractivity contribution in [2.45, 2.75) is 44.9 Å². The number of carbonyl (C=O) groups is 3. The van der Waals surface area contributed by atoms with Gasteiger partial charge in [0.1, 0.15) is 13.2 Å². The zero-order valence-electron chi connectivity index (χ0n) is 21.2. The lowest BCUT2D eigenvalue weighted by Crippen LogP contribution is -2.34. The Labute approximate surface area is 219 Å². The number of alkyl halides is 1. The Morgan fingerprint density at radius 1 is 0.750 bits per heavy atom. The van der Waals surface area contributed by atoms with Gasteiger partial charge in [-0.05, 0) is 44.3 Å². The summed E-state index contributed by atoms with van der Waals surface area (Å²) in [5.41, 5.74) is 0. The quantitative estimate of drug-likeness (QED) is 0.114. The number of amides is 3. The monoisotopic (exact) mass is 531 g/mol. The van der Waals surface area contributed by atoms with Crippen LogP contribution in [0.4, 0.5) is 9.59 Å². The fourth-order valence-corrected chi connectivity index (χ4v) is 3.40. The first kappa shape index (κ1) is 31.7. The predicted molar refractivity (Wildman–Crippen MR) is 138 cm³/mol. The molecule has 1 saturated heterocycles. The summed E-state index contributed by atoms with van der Waals surface area (Å²) < 4.78 is 20.8. The number of piperidine rings is 1. The Morgan fingerprint density at radius 3 is 2.08 bits per heavy atom. The molecule has 0 atom stereocenters. The number of rotatable bonds is 19. The second kappa shape index (κ2) is 23.1. The van der Waals surface area contributed by atoms with E-state index in [1.165, 1.54) is 6.08 Å². The number of unbranched alkanes of at least 4 members (excludes halogenated alkanes) is 3. The predicted octanol–water partition coefficient (Wildman–Crippen LogP) is 3.40. The van der Waals surface area contributed by atoms with E-state index in [9.17, 15) is 14.4 Å². The second-order valence-electron chi connectivity index (χ2n) is 8.09. The maximum absolute atomic E-state index is 12.0. The van der Waals surface area contributed by atoms with Gasteiger partial charge in [-0.15, -0.1) is 11.6 Å². The molecule has 1 aliphatic heterocycles.